The van der Waals surface area contributed by atoms with Crippen LogP contribution >= 0.6 is 0 Å². The zero-order chi connectivity index (χ0) is 17.6. The number of fused-ring (bicyclic) bond motifs is 2. The van der Waals surface area contributed by atoms with Crippen LogP contribution in [0, 0.1) is 0 Å². The molecule has 8 heteroatoms. The minimum Gasteiger partial charge on any atom is -0.377 e. The number of aromatic nitrogens is 6. The molecule has 0 spiro atoms. The summed E-state index contributed by atoms with van der Waals surface area (Å²) >= 11 is 0. The van der Waals surface area contributed by atoms with E-state index in [1.54, 1.807) is 0 Å². The highest BCUT2D eigenvalue weighted by atomic mass is 16.5. The molecule has 4 aromatic rings. The summed E-state index contributed by atoms with van der Waals surface area (Å²) in [5, 5.41) is 16.5. The fourth-order valence-corrected chi connectivity index (χ4v) is 2.79. The molecule has 0 atom stereocenters. The third-order valence-electron chi connectivity index (χ3n) is 4.11. The quantitative estimate of drug-likeness (QED) is 0.428. The van der Waals surface area contributed by atoms with Gasteiger partial charge in [-0.2, -0.15) is 0 Å². The Bertz CT molecular complexity index is 900. The van der Waals surface area contributed by atoms with Crippen LogP contribution in [0.15, 0.2) is 48.5 Å². The molecular formula is C18H20N6O2. The van der Waals surface area contributed by atoms with Gasteiger partial charge in [-0.3, -0.25) is 0 Å². The average molecular weight is 352 g/mol. The minimum atomic E-state index is 0.546. The summed E-state index contributed by atoms with van der Waals surface area (Å²) in [6, 6.07) is 15.8. The van der Waals surface area contributed by atoms with Gasteiger partial charge in [-0.25, -0.2) is 9.36 Å². The highest BCUT2D eigenvalue weighted by molar-refractivity contribution is 5.74. The standard InChI is InChI=1S/C18H20N6O2/c1-3-7-17-15(5-1)19-21-23(17)9-11-25-13-14-26-12-10-24-18-8-4-2-6-16(18)20-22-24/h1-8H,9-14H2. The van der Waals surface area contributed by atoms with Crippen molar-refractivity contribution in [2.24, 2.45) is 0 Å². The van der Waals surface area contributed by atoms with Gasteiger partial charge in [0, 0.05) is 0 Å². The van der Waals surface area contributed by atoms with E-state index >= 15 is 0 Å². The van der Waals surface area contributed by atoms with Gasteiger partial charge in [0.15, 0.2) is 0 Å². The highest BCUT2D eigenvalue weighted by Crippen LogP contribution is 2.10. The van der Waals surface area contributed by atoms with E-state index in [0.717, 1.165) is 22.1 Å². The molecule has 8 nitrogen and oxygen atoms in total. The second-order valence-corrected chi connectivity index (χ2v) is 5.83. The SMILES string of the molecule is c1ccc2c(c1)nnn2CCOCCOCCn1nnc2ccccc21. The largest absolute Gasteiger partial charge is 0.377 e. The average Bonchev–Trinajstić information content (AvgIpc) is 3.28. The van der Waals surface area contributed by atoms with Gasteiger partial charge in [0.1, 0.15) is 11.0 Å². The van der Waals surface area contributed by atoms with Crippen LogP contribution in [-0.2, 0) is 22.6 Å². The number of rotatable bonds is 9. The normalized spacial score (nSPS) is 11.5. The van der Waals surface area contributed by atoms with Gasteiger partial charge < -0.3 is 9.47 Å². The van der Waals surface area contributed by atoms with Crippen molar-refractivity contribution >= 4 is 22.1 Å². The highest BCUT2D eigenvalue weighted by Gasteiger charge is 2.04. The number of benzene rings is 2. The van der Waals surface area contributed by atoms with Crippen LogP contribution < -0.4 is 0 Å². The molecule has 0 aliphatic heterocycles. The Morgan fingerprint density at radius 3 is 1.58 bits per heavy atom. The summed E-state index contributed by atoms with van der Waals surface area (Å²) in [6.45, 7) is 3.58. The van der Waals surface area contributed by atoms with Gasteiger partial charge in [-0.15, -0.1) is 10.2 Å². The van der Waals surface area contributed by atoms with Crippen LogP contribution in [0.3, 0.4) is 0 Å². The molecule has 0 unspecified atom stereocenters. The number of para-hydroxylation sites is 2. The maximum atomic E-state index is 5.62. The first-order valence-corrected chi connectivity index (χ1v) is 8.64. The zero-order valence-electron chi connectivity index (χ0n) is 14.4. The van der Waals surface area contributed by atoms with E-state index in [4.69, 9.17) is 9.47 Å². The Hall–Kier alpha value is -2.84. The van der Waals surface area contributed by atoms with E-state index in [1.165, 1.54) is 0 Å². The van der Waals surface area contributed by atoms with Crippen molar-refractivity contribution in [2.75, 3.05) is 26.4 Å². The molecule has 4 rings (SSSR count). The molecule has 26 heavy (non-hydrogen) atoms. The lowest BCUT2D eigenvalue weighted by atomic mass is 10.3. The van der Waals surface area contributed by atoms with Gasteiger partial charge in [0.05, 0.1) is 50.6 Å². The van der Waals surface area contributed by atoms with Crippen molar-refractivity contribution in [1.82, 2.24) is 30.0 Å². The van der Waals surface area contributed by atoms with Crippen molar-refractivity contribution in [3.05, 3.63) is 48.5 Å². The van der Waals surface area contributed by atoms with Crippen LogP contribution in [-0.4, -0.2) is 56.4 Å². The number of hydrogen-bond acceptors (Lipinski definition) is 6. The van der Waals surface area contributed by atoms with Crippen LogP contribution in [0.4, 0.5) is 0 Å². The lowest BCUT2D eigenvalue weighted by Crippen LogP contribution is -2.13. The topological polar surface area (TPSA) is 79.9 Å². The van der Waals surface area contributed by atoms with Crippen LogP contribution in [0.25, 0.3) is 22.1 Å². The molecule has 0 aliphatic carbocycles. The monoisotopic (exact) mass is 352 g/mol. The van der Waals surface area contributed by atoms with Gasteiger partial charge in [-0.1, -0.05) is 34.7 Å². The first kappa shape index (κ1) is 16.6. The molecule has 0 aliphatic rings. The molecule has 0 bridgehead atoms. The smallest absolute Gasteiger partial charge is 0.113 e. The first-order valence-electron chi connectivity index (χ1n) is 8.64. The molecule has 134 valence electrons. The lowest BCUT2D eigenvalue weighted by Gasteiger charge is -2.07. The van der Waals surface area contributed by atoms with Crippen LogP contribution in [0.2, 0.25) is 0 Å². The van der Waals surface area contributed by atoms with Gasteiger partial charge >= 0.3 is 0 Å². The number of ether oxygens (including phenoxy) is 2. The third-order valence-corrected chi connectivity index (χ3v) is 4.11. The Kier molecular flexibility index (Phi) is 5.13. The maximum Gasteiger partial charge on any atom is 0.113 e. The van der Waals surface area contributed by atoms with Gasteiger partial charge in [0.25, 0.3) is 0 Å². The maximum absolute atomic E-state index is 5.62. The van der Waals surface area contributed by atoms with Crippen molar-refractivity contribution < 1.29 is 9.47 Å². The van der Waals surface area contributed by atoms with Crippen molar-refractivity contribution in [1.29, 1.82) is 0 Å². The van der Waals surface area contributed by atoms with Crippen LogP contribution in [0.1, 0.15) is 0 Å². The molecular weight excluding hydrogens is 332 g/mol. The van der Waals surface area contributed by atoms with E-state index in [2.05, 4.69) is 20.6 Å². The summed E-state index contributed by atoms with van der Waals surface area (Å²) < 4.78 is 14.9. The Morgan fingerprint density at radius 1 is 0.615 bits per heavy atom. The van der Waals surface area contributed by atoms with E-state index in [9.17, 15) is 0 Å². The number of hydrogen-bond donors (Lipinski definition) is 0. The molecule has 2 heterocycles. The zero-order valence-corrected chi connectivity index (χ0v) is 14.4. The second-order valence-electron chi connectivity index (χ2n) is 5.83. The van der Waals surface area contributed by atoms with Crippen molar-refractivity contribution in [3.8, 4) is 0 Å². The summed E-state index contributed by atoms with van der Waals surface area (Å²) in [6.07, 6.45) is 0. The summed E-state index contributed by atoms with van der Waals surface area (Å²) in [4.78, 5) is 0. The third kappa shape index (κ3) is 3.71. The van der Waals surface area contributed by atoms with E-state index in [-0.39, 0.29) is 0 Å². The fraction of sp³-hybridized carbons (Fsp3) is 0.333. The van der Waals surface area contributed by atoms with E-state index in [0.29, 0.717) is 39.5 Å². The Balaban J connectivity index is 1.13. The summed E-state index contributed by atoms with van der Waals surface area (Å²) in [5.74, 6) is 0. The molecule has 2 aromatic carbocycles. The Morgan fingerprint density at radius 2 is 1.08 bits per heavy atom. The number of nitrogens with zero attached hydrogens (tertiary/aromatic N) is 6. The molecule has 0 amide bonds. The predicted molar refractivity (Wildman–Crippen MR) is 96.7 cm³/mol. The molecule has 0 radical (unpaired) electrons. The fourth-order valence-electron chi connectivity index (χ4n) is 2.79. The molecule has 2 aromatic heterocycles. The molecule has 0 fully saturated rings. The lowest BCUT2D eigenvalue weighted by molar-refractivity contribution is 0.0408. The van der Waals surface area contributed by atoms with Crippen molar-refractivity contribution in [3.63, 3.8) is 0 Å². The molecule has 0 saturated heterocycles. The van der Waals surface area contributed by atoms with E-state index in [1.807, 2.05) is 57.9 Å². The molecule has 0 N–H and O–H groups in total. The second kappa shape index (κ2) is 8.03. The Labute approximate surface area is 150 Å². The van der Waals surface area contributed by atoms with Gasteiger partial charge in [-0.05, 0) is 24.3 Å². The van der Waals surface area contributed by atoms with Gasteiger partial charge in [0.2, 0.25) is 0 Å². The molecule has 0 saturated carbocycles. The van der Waals surface area contributed by atoms with Crippen molar-refractivity contribution in [2.45, 2.75) is 13.1 Å². The summed E-state index contributed by atoms with van der Waals surface area (Å²) in [5.41, 5.74) is 3.84. The predicted octanol–water partition coefficient (Wildman–Crippen LogP) is 1.91. The minimum absolute atomic E-state index is 0.546. The summed E-state index contributed by atoms with van der Waals surface area (Å²) in [7, 11) is 0. The van der Waals surface area contributed by atoms with Crippen LogP contribution in [0.5, 0.6) is 0 Å². The first-order chi connectivity index (χ1) is 12.9. The van der Waals surface area contributed by atoms with E-state index < -0.39 is 0 Å².